The minimum atomic E-state index is -0.404. The first-order chi connectivity index (χ1) is 16.0. The molecule has 5 rings (SSSR count). The van der Waals surface area contributed by atoms with E-state index in [0.717, 1.165) is 54.2 Å². The van der Waals surface area contributed by atoms with Gasteiger partial charge in [0.1, 0.15) is 17.2 Å². The summed E-state index contributed by atoms with van der Waals surface area (Å²) in [6.45, 7) is 9.77. The van der Waals surface area contributed by atoms with Gasteiger partial charge in [0.15, 0.2) is 5.82 Å². The van der Waals surface area contributed by atoms with Crippen LogP contribution in [0.15, 0.2) is 49.5 Å². The van der Waals surface area contributed by atoms with E-state index in [-0.39, 0.29) is 0 Å². The summed E-state index contributed by atoms with van der Waals surface area (Å²) in [5.74, 6) is 0.255. The Morgan fingerprint density at radius 3 is 2.73 bits per heavy atom. The zero-order valence-corrected chi connectivity index (χ0v) is 18.6. The third-order valence-corrected chi connectivity index (χ3v) is 5.92. The monoisotopic (exact) mass is 444 g/mol. The van der Waals surface area contributed by atoms with Gasteiger partial charge in [-0.15, -0.1) is 0 Å². The van der Waals surface area contributed by atoms with Crippen LogP contribution in [0.3, 0.4) is 0 Å². The summed E-state index contributed by atoms with van der Waals surface area (Å²) >= 11 is 0. The molecule has 1 saturated heterocycles. The quantitative estimate of drug-likeness (QED) is 0.457. The van der Waals surface area contributed by atoms with E-state index < -0.39 is 5.82 Å². The van der Waals surface area contributed by atoms with Crippen LogP contribution in [-0.4, -0.2) is 73.2 Å². The lowest BCUT2D eigenvalue weighted by Gasteiger charge is -2.35. The van der Waals surface area contributed by atoms with Crippen LogP contribution >= 0.6 is 0 Å². The van der Waals surface area contributed by atoms with E-state index in [9.17, 15) is 4.39 Å². The van der Waals surface area contributed by atoms with Gasteiger partial charge in [0, 0.05) is 49.0 Å². The molecule has 8 nitrogen and oxygen atoms in total. The van der Waals surface area contributed by atoms with Gasteiger partial charge in [-0.1, -0.05) is 12.7 Å². The highest BCUT2D eigenvalue weighted by Gasteiger charge is 2.22. The molecule has 2 N–H and O–H groups in total. The zero-order valence-electron chi connectivity index (χ0n) is 18.6. The van der Waals surface area contributed by atoms with Crippen LogP contribution in [0, 0.1) is 12.7 Å². The number of likely N-dealkylation sites (N-methyl/N-ethyl adjacent to an activating group) is 1. The molecular formula is C24H25FN8. The zero-order chi connectivity index (χ0) is 22.9. The van der Waals surface area contributed by atoms with Crippen molar-refractivity contribution in [2.45, 2.75) is 6.92 Å². The molecule has 4 aromatic rings. The number of aromatic amines is 2. The Bertz CT molecular complexity index is 1340. The number of rotatable bonds is 5. The van der Waals surface area contributed by atoms with Gasteiger partial charge in [0.05, 0.1) is 29.3 Å². The lowest BCUT2D eigenvalue weighted by molar-refractivity contribution is 0.207. The van der Waals surface area contributed by atoms with Crippen molar-refractivity contribution in [3.63, 3.8) is 0 Å². The molecule has 0 saturated carbocycles. The molecule has 0 bridgehead atoms. The minimum Gasteiger partial charge on any atom is -0.367 e. The molecule has 1 fully saturated rings. The molecule has 0 aromatic carbocycles. The minimum absolute atomic E-state index is 0.404. The number of nitrogens with zero attached hydrogens (tertiary/aromatic N) is 6. The van der Waals surface area contributed by atoms with Crippen molar-refractivity contribution in [2.24, 2.45) is 0 Å². The van der Waals surface area contributed by atoms with Crippen molar-refractivity contribution >= 4 is 16.6 Å². The molecule has 0 amide bonds. The first-order valence-electron chi connectivity index (χ1n) is 10.8. The van der Waals surface area contributed by atoms with Crippen LogP contribution in [-0.2, 0) is 0 Å². The summed E-state index contributed by atoms with van der Waals surface area (Å²) < 4.78 is 13.7. The summed E-state index contributed by atoms with van der Waals surface area (Å²) in [7, 11) is 2.14. The van der Waals surface area contributed by atoms with Gasteiger partial charge < -0.3 is 14.8 Å². The standard InChI is InChI=1S/C24H25FN8/c1-4-5-21(33-8-6-32(3)7-9-33)22-15(2)28-24(29-22)23-18-11-19(27-14-20(18)30-31-23)16-10-17(25)13-26-12-16/h4-5,10-14H,1,6-9H2,2-3H3,(H,28,29)(H,30,31)/b21-5+. The first kappa shape index (κ1) is 21.0. The maximum absolute atomic E-state index is 13.7. The van der Waals surface area contributed by atoms with Crippen LogP contribution < -0.4 is 0 Å². The highest BCUT2D eigenvalue weighted by atomic mass is 19.1. The van der Waals surface area contributed by atoms with Gasteiger partial charge in [-0.2, -0.15) is 5.10 Å². The maximum atomic E-state index is 13.7. The van der Waals surface area contributed by atoms with Crippen LogP contribution in [0.5, 0.6) is 0 Å². The average Bonchev–Trinajstić information content (AvgIpc) is 3.41. The second kappa shape index (κ2) is 8.59. The van der Waals surface area contributed by atoms with E-state index in [4.69, 9.17) is 4.98 Å². The molecular weight excluding hydrogens is 419 g/mol. The molecule has 1 aliphatic heterocycles. The third kappa shape index (κ3) is 4.03. The fourth-order valence-electron chi connectivity index (χ4n) is 4.12. The Hall–Kier alpha value is -3.85. The lowest BCUT2D eigenvalue weighted by atomic mass is 10.1. The first-order valence-corrected chi connectivity index (χ1v) is 10.8. The summed E-state index contributed by atoms with van der Waals surface area (Å²) in [5.41, 5.74) is 5.56. The number of hydrogen-bond donors (Lipinski definition) is 2. The van der Waals surface area contributed by atoms with Crippen molar-refractivity contribution in [3.05, 3.63) is 66.7 Å². The molecule has 0 unspecified atom stereocenters. The van der Waals surface area contributed by atoms with E-state index in [2.05, 4.69) is 48.6 Å². The molecule has 4 aromatic heterocycles. The Balaban J connectivity index is 1.54. The topological polar surface area (TPSA) is 89.6 Å². The Morgan fingerprint density at radius 2 is 1.97 bits per heavy atom. The Labute approximate surface area is 190 Å². The van der Waals surface area contributed by atoms with Gasteiger partial charge in [0.25, 0.3) is 0 Å². The number of aromatic nitrogens is 6. The summed E-state index contributed by atoms with van der Waals surface area (Å²) in [5, 5.41) is 8.36. The number of pyridine rings is 2. The Morgan fingerprint density at radius 1 is 1.15 bits per heavy atom. The van der Waals surface area contributed by atoms with E-state index in [0.29, 0.717) is 22.8 Å². The number of fused-ring (bicyclic) bond motifs is 1. The SMILES string of the molecule is C=C/C=C(\c1nc(-c2n[nH]c3cnc(-c4cncc(F)c4)cc23)[nH]c1C)N1CCN(C)CC1. The fourth-order valence-corrected chi connectivity index (χ4v) is 4.12. The molecule has 5 heterocycles. The van der Waals surface area contributed by atoms with Crippen molar-refractivity contribution in [3.8, 4) is 22.8 Å². The smallest absolute Gasteiger partial charge is 0.159 e. The normalized spacial score (nSPS) is 15.4. The van der Waals surface area contributed by atoms with Gasteiger partial charge >= 0.3 is 0 Å². The highest BCUT2D eigenvalue weighted by Crippen LogP contribution is 2.30. The highest BCUT2D eigenvalue weighted by molar-refractivity contribution is 5.93. The van der Waals surface area contributed by atoms with Crippen molar-refractivity contribution in [1.82, 2.24) is 39.9 Å². The van der Waals surface area contributed by atoms with Gasteiger partial charge in [-0.05, 0) is 32.2 Å². The molecule has 0 atom stereocenters. The van der Waals surface area contributed by atoms with Crippen molar-refractivity contribution in [2.75, 3.05) is 33.2 Å². The van der Waals surface area contributed by atoms with Gasteiger partial charge in [0.2, 0.25) is 0 Å². The van der Waals surface area contributed by atoms with Gasteiger partial charge in [-0.3, -0.25) is 15.1 Å². The number of allylic oxidation sites excluding steroid dienone is 2. The number of hydrogen-bond acceptors (Lipinski definition) is 6. The van der Waals surface area contributed by atoms with Gasteiger partial charge in [-0.25, -0.2) is 9.37 Å². The predicted octanol–water partition coefficient (Wildman–Crippen LogP) is 3.63. The largest absolute Gasteiger partial charge is 0.367 e. The summed E-state index contributed by atoms with van der Waals surface area (Å²) in [4.78, 5) is 21.3. The number of aryl methyl sites for hydroxylation is 1. The molecule has 33 heavy (non-hydrogen) atoms. The fraction of sp³-hybridized carbons (Fsp3) is 0.250. The summed E-state index contributed by atoms with van der Waals surface area (Å²) in [6, 6.07) is 3.29. The molecule has 0 aliphatic carbocycles. The van der Waals surface area contributed by atoms with E-state index in [1.807, 2.05) is 19.1 Å². The number of H-pyrrole nitrogens is 2. The molecule has 0 radical (unpaired) electrons. The van der Waals surface area contributed by atoms with E-state index in [1.165, 1.54) is 12.3 Å². The number of piperazine rings is 1. The second-order valence-electron chi connectivity index (χ2n) is 8.22. The molecule has 0 spiro atoms. The molecule has 9 heteroatoms. The number of nitrogens with one attached hydrogen (secondary N) is 2. The number of imidazole rings is 1. The van der Waals surface area contributed by atoms with Crippen LogP contribution in [0.4, 0.5) is 4.39 Å². The summed E-state index contributed by atoms with van der Waals surface area (Å²) in [6.07, 6.45) is 8.27. The second-order valence-corrected chi connectivity index (χ2v) is 8.22. The molecule has 168 valence electrons. The van der Waals surface area contributed by atoms with Crippen molar-refractivity contribution < 1.29 is 4.39 Å². The lowest BCUT2D eigenvalue weighted by Crippen LogP contribution is -2.43. The van der Waals surface area contributed by atoms with Crippen molar-refractivity contribution in [1.29, 1.82) is 0 Å². The Kier molecular flexibility index (Phi) is 5.47. The number of halogens is 1. The molecule has 1 aliphatic rings. The van der Waals surface area contributed by atoms with E-state index >= 15 is 0 Å². The predicted molar refractivity (Wildman–Crippen MR) is 127 cm³/mol. The van der Waals surface area contributed by atoms with Crippen LogP contribution in [0.25, 0.3) is 39.4 Å². The average molecular weight is 445 g/mol. The van der Waals surface area contributed by atoms with Crippen LogP contribution in [0.1, 0.15) is 11.4 Å². The van der Waals surface area contributed by atoms with Crippen LogP contribution in [0.2, 0.25) is 0 Å². The maximum Gasteiger partial charge on any atom is 0.159 e. The van der Waals surface area contributed by atoms with E-state index in [1.54, 1.807) is 18.5 Å². The third-order valence-electron chi connectivity index (χ3n) is 5.92.